The second-order valence-corrected chi connectivity index (χ2v) is 3.35. The summed E-state index contributed by atoms with van der Waals surface area (Å²) < 4.78 is 10.3. The molecule has 80 valence electrons. The maximum atomic E-state index is 11.4. The molecule has 0 radical (unpaired) electrons. The second kappa shape index (κ2) is 3.81. The molecule has 1 aromatic carbocycles. The lowest BCUT2D eigenvalue weighted by Gasteiger charge is -2.08. The third-order valence-electron chi connectivity index (χ3n) is 2.27. The largest absolute Gasteiger partial charge is 0.508 e. The highest BCUT2D eigenvalue weighted by Gasteiger charge is 2.30. The van der Waals surface area contributed by atoms with Gasteiger partial charge in [0.1, 0.15) is 11.5 Å². The van der Waals surface area contributed by atoms with Crippen molar-refractivity contribution < 1.29 is 19.4 Å². The van der Waals surface area contributed by atoms with Crippen LogP contribution in [0.2, 0.25) is 0 Å². The summed E-state index contributed by atoms with van der Waals surface area (Å²) in [6, 6.07) is 4.80. The van der Waals surface area contributed by atoms with E-state index >= 15 is 0 Å². The van der Waals surface area contributed by atoms with Gasteiger partial charge >= 0.3 is 5.97 Å². The number of fused-ring (bicyclic) bond motifs is 1. The molecule has 0 fully saturated rings. The smallest absolute Gasteiger partial charge is 0.347 e. The summed E-state index contributed by atoms with van der Waals surface area (Å²) in [5, 5.41) is 9.25. The van der Waals surface area contributed by atoms with Crippen LogP contribution in [0, 0.1) is 0 Å². The van der Waals surface area contributed by atoms with E-state index < -0.39 is 6.10 Å². The molecule has 1 aliphatic heterocycles. The molecule has 4 heteroatoms. The fourth-order valence-electron chi connectivity index (χ4n) is 1.60. The molecule has 0 bridgehead atoms. The van der Waals surface area contributed by atoms with Gasteiger partial charge in [-0.1, -0.05) is 0 Å². The van der Waals surface area contributed by atoms with Gasteiger partial charge in [0.2, 0.25) is 0 Å². The third-order valence-corrected chi connectivity index (χ3v) is 2.27. The standard InChI is InChI=1S/C11H12O4/c1-2-14-11(13)10-6-7-5-8(12)3-4-9(7)15-10/h3-5,10,12H,2,6H2,1H3. The lowest BCUT2D eigenvalue weighted by molar-refractivity contribution is -0.150. The first kappa shape index (κ1) is 9.83. The average molecular weight is 208 g/mol. The minimum Gasteiger partial charge on any atom is -0.508 e. The van der Waals surface area contributed by atoms with Gasteiger partial charge in [0.25, 0.3) is 0 Å². The molecule has 1 aliphatic rings. The topological polar surface area (TPSA) is 55.8 Å². The molecule has 2 rings (SSSR count). The van der Waals surface area contributed by atoms with E-state index in [1.54, 1.807) is 19.1 Å². The van der Waals surface area contributed by atoms with Crippen molar-refractivity contribution >= 4 is 5.97 Å². The monoisotopic (exact) mass is 208 g/mol. The number of aromatic hydroxyl groups is 1. The summed E-state index contributed by atoms with van der Waals surface area (Å²) >= 11 is 0. The Morgan fingerprint density at radius 2 is 2.47 bits per heavy atom. The maximum Gasteiger partial charge on any atom is 0.347 e. The molecular formula is C11H12O4. The number of esters is 1. The zero-order valence-electron chi connectivity index (χ0n) is 8.40. The summed E-state index contributed by atoms with van der Waals surface area (Å²) in [4.78, 5) is 11.4. The Hall–Kier alpha value is -1.71. The predicted octanol–water partition coefficient (Wildman–Crippen LogP) is 1.26. The zero-order valence-corrected chi connectivity index (χ0v) is 8.40. The van der Waals surface area contributed by atoms with Gasteiger partial charge in [-0.2, -0.15) is 0 Å². The summed E-state index contributed by atoms with van der Waals surface area (Å²) in [5.41, 5.74) is 0.841. The minimum absolute atomic E-state index is 0.182. The van der Waals surface area contributed by atoms with E-state index in [9.17, 15) is 9.90 Å². The van der Waals surface area contributed by atoms with Gasteiger partial charge in [-0.3, -0.25) is 0 Å². The van der Waals surface area contributed by atoms with Gasteiger partial charge in [0, 0.05) is 12.0 Å². The highest BCUT2D eigenvalue weighted by atomic mass is 16.6. The first-order chi connectivity index (χ1) is 7.20. The summed E-state index contributed by atoms with van der Waals surface area (Å²) in [5.74, 6) is 0.473. The highest BCUT2D eigenvalue weighted by Crippen LogP contribution is 2.31. The van der Waals surface area contributed by atoms with Crippen LogP contribution in [-0.4, -0.2) is 23.8 Å². The van der Waals surface area contributed by atoms with Crippen LogP contribution in [0.3, 0.4) is 0 Å². The van der Waals surface area contributed by atoms with Crippen molar-refractivity contribution in [3.63, 3.8) is 0 Å². The van der Waals surface area contributed by atoms with Crippen molar-refractivity contribution in [2.45, 2.75) is 19.4 Å². The quantitative estimate of drug-likeness (QED) is 0.743. The van der Waals surface area contributed by atoms with Gasteiger partial charge in [-0.05, 0) is 25.1 Å². The second-order valence-electron chi connectivity index (χ2n) is 3.35. The van der Waals surface area contributed by atoms with Crippen LogP contribution >= 0.6 is 0 Å². The van der Waals surface area contributed by atoms with E-state index in [2.05, 4.69) is 0 Å². The van der Waals surface area contributed by atoms with Crippen molar-refractivity contribution in [3.05, 3.63) is 23.8 Å². The Labute approximate surface area is 87.4 Å². The van der Waals surface area contributed by atoms with Crippen LogP contribution < -0.4 is 4.74 Å². The average Bonchev–Trinajstić information content (AvgIpc) is 2.60. The van der Waals surface area contributed by atoms with Crippen molar-refractivity contribution in [3.8, 4) is 11.5 Å². The number of hydrogen-bond donors (Lipinski definition) is 1. The normalized spacial score (nSPS) is 18.1. The van der Waals surface area contributed by atoms with E-state index in [-0.39, 0.29) is 11.7 Å². The molecule has 1 heterocycles. The summed E-state index contributed by atoms with van der Waals surface area (Å²) in [6.45, 7) is 2.10. The van der Waals surface area contributed by atoms with E-state index in [0.29, 0.717) is 18.8 Å². The molecular weight excluding hydrogens is 196 g/mol. The van der Waals surface area contributed by atoms with Gasteiger partial charge in [0.05, 0.1) is 6.61 Å². The van der Waals surface area contributed by atoms with E-state index in [1.165, 1.54) is 6.07 Å². The third kappa shape index (κ3) is 1.88. The SMILES string of the molecule is CCOC(=O)C1Cc2cc(O)ccc2O1. The molecule has 4 nitrogen and oxygen atoms in total. The Balaban J connectivity index is 2.12. The summed E-state index contributed by atoms with van der Waals surface area (Å²) in [7, 11) is 0. The van der Waals surface area contributed by atoms with Crippen molar-refractivity contribution in [2.75, 3.05) is 6.61 Å². The van der Waals surface area contributed by atoms with Crippen LogP contribution in [-0.2, 0) is 16.0 Å². The Bertz CT molecular complexity index is 386. The molecule has 0 aliphatic carbocycles. The first-order valence-corrected chi connectivity index (χ1v) is 4.86. The molecule has 1 N–H and O–H groups in total. The molecule has 0 spiro atoms. The van der Waals surface area contributed by atoms with Crippen LogP contribution in [0.15, 0.2) is 18.2 Å². The number of phenols is 1. The molecule has 0 amide bonds. The molecule has 15 heavy (non-hydrogen) atoms. The number of benzene rings is 1. The Morgan fingerprint density at radius 1 is 1.67 bits per heavy atom. The fourth-order valence-corrected chi connectivity index (χ4v) is 1.60. The number of rotatable bonds is 2. The van der Waals surface area contributed by atoms with Gasteiger partial charge in [-0.25, -0.2) is 4.79 Å². The number of carbonyl (C=O) groups is 1. The van der Waals surface area contributed by atoms with Crippen molar-refractivity contribution in [1.82, 2.24) is 0 Å². The molecule has 0 saturated heterocycles. The lowest BCUT2D eigenvalue weighted by Crippen LogP contribution is -2.27. The highest BCUT2D eigenvalue weighted by molar-refractivity contribution is 5.77. The first-order valence-electron chi connectivity index (χ1n) is 4.86. The Morgan fingerprint density at radius 3 is 3.20 bits per heavy atom. The number of hydrogen-bond acceptors (Lipinski definition) is 4. The minimum atomic E-state index is -0.568. The number of carbonyl (C=O) groups excluding carboxylic acids is 1. The van der Waals surface area contributed by atoms with Crippen molar-refractivity contribution in [2.24, 2.45) is 0 Å². The molecule has 1 unspecified atom stereocenters. The summed E-state index contributed by atoms with van der Waals surface area (Å²) in [6.07, 6.45) is -0.107. The molecule has 1 atom stereocenters. The van der Waals surface area contributed by atoms with Crippen LogP contribution in [0.1, 0.15) is 12.5 Å². The molecule has 1 aromatic rings. The number of phenolic OH excluding ortho intramolecular Hbond substituents is 1. The van der Waals surface area contributed by atoms with E-state index in [4.69, 9.17) is 9.47 Å². The fraction of sp³-hybridized carbons (Fsp3) is 0.364. The van der Waals surface area contributed by atoms with Gasteiger partial charge in [0.15, 0.2) is 6.10 Å². The lowest BCUT2D eigenvalue weighted by atomic mass is 10.1. The van der Waals surface area contributed by atoms with Gasteiger partial charge in [-0.15, -0.1) is 0 Å². The van der Waals surface area contributed by atoms with Crippen LogP contribution in [0.5, 0.6) is 11.5 Å². The number of ether oxygens (including phenoxy) is 2. The predicted molar refractivity (Wildman–Crippen MR) is 52.9 cm³/mol. The van der Waals surface area contributed by atoms with E-state index in [0.717, 1.165) is 5.56 Å². The van der Waals surface area contributed by atoms with Crippen LogP contribution in [0.25, 0.3) is 0 Å². The maximum absolute atomic E-state index is 11.4. The zero-order chi connectivity index (χ0) is 10.8. The van der Waals surface area contributed by atoms with Crippen molar-refractivity contribution in [1.29, 1.82) is 0 Å². The molecule has 0 aromatic heterocycles. The van der Waals surface area contributed by atoms with E-state index in [1.807, 2.05) is 0 Å². The Kier molecular flexibility index (Phi) is 2.49. The molecule has 0 saturated carbocycles. The van der Waals surface area contributed by atoms with Crippen LogP contribution in [0.4, 0.5) is 0 Å². The van der Waals surface area contributed by atoms with Gasteiger partial charge < -0.3 is 14.6 Å².